The van der Waals surface area contributed by atoms with Crippen molar-refractivity contribution >= 4 is 44.5 Å². The van der Waals surface area contributed by atoms with Crippen molar-refractivity contribution in [3.8, 4) is 0 Å². The van der Waals surface area contributed by atoms with Crippen LogP contribution in [-0.2, 0) is 34.4 Å². The van der Waals surface area contributed by atoms with Gasteiger partial charge in [0.2, 0.25) is 10.0 Å². The van der Waals surface area contributed by atoms with Crippen LogP contribution in [0.5, 0.6) is 0 Å². The van der Waals surface area contributed by atoms with Crippen LogP contribution in [0.2, 0.25) is 0 Å². The number of aliphatic hydroxyl groups is 1. The molecule has 1 aromatic rings. The molecule has 0 aromatic heterocycles. The second kappa shape index (κ2) is 13.0. The van der Waals surface area contributed by atoms with E-state index in [1.54, 1.807) is 41.5 Å². The fourth-order valence-electron chi connectivity index (χ4n) is 2.96. The summed E-state index contributed by atoms with van der Waals surface area (Å²) in [6, 6.07) is 3.53. The maximum atomic E-state index is 15.0. The second-order valence-corrected chi connectivity index (χ2v) is 13.9. The number of nitrogens with zero attached hydrogens (tertiary/aromatic N) is 2. The monoisotopic (exact) mass is 567 g/mol. The molecule has 1 aromatic carbocycles. The van der Waals surface area contributed by atoms with Crippen molar-refractivity contribution in [1.82, 2.24) is 4.90 Å². The molecule has 0 saturated heterocycles. The molecule has 0 spiro atoms. The highest BCUT2D eigenvalue weighted by molar-refractivity contribution is 7.92. The first kappa shape index (κ1) is 32.8. The molecule has 1 rings (SSSR count). The number of sulfonamides is 1. The molecule has 0 heterocycles. The van der Waals surface area contributed by atoms with Crippen LogP contribution in [0.3, 0.4) is 0 Å². The number of carbonyl (C=O) groups is 2. The smallest absolute Gasteiger partial charge is 0.428 e. The van der Waals surface area contributed by atoms with E-state index in [0.29, 0.717) is 5.75 Å². The van der Waals surface area contributed by atoms with E-state index in [2.05, 4.69) is 5.87 Å². The summed E-state index contributed by atoms with van der Waals surface area (Å²) >= 11 is 0. The van der Waals surface area contributed by atoms with E-state index >= 15 is 0 Å². The lowest BCUT2D eigenvalue weighted by Crippen LogP contribution is -2.42. The van der Waals surface area contributed by atoms with Crippen molar-refractivity contribution in [3.05, 3.63) is 29.6 Å². The third-order valence-electron chi connectivity index (χ3n) is 4.49. The number of hydrogen-bond donors (Lipinski definition) is 1. The average molecular weight is 568 g/mol. The van der Waals surface area contributed by atoms with Gasteiger partial charge in [0.15, 0.2) is 6.10 Å². The number of hydrogen-bond acceptors (Lipinski definition) is 8. The van der Waals surface area contributed by atoms with Crippen molar-refractivity contribution in [2.24, 2.45) is 0 Å². The maximum Gasteiger partial charge on any atom is 0.428 e. The van der Waals surface area contributed by atoms with E-state index in [-0.39, 0.29) is 29.6 Å². The lowest BCUT2D eigenvalue weighted by molar-refractivity contribution is 0.0144. The first-order valence-electron chi connectivity index (χ1n) is 11.7. The molecule has 0 aliphatic rings. The van der Waals surface area contributed by atoms with E-state index < -0.39 is 61.8 Å². The number of carbonyl (C=O) groups excluding carboxylic acids is 2. The molecular weight excluding hydrogens is 527 g/mol. The quantitative estimate of drug-likeness (QED) is 0.259. The molecule has 2 atom stereocenters. The minimum absolute atomic E-state index is 0.0720. The highest BCUT2D eigenvalue weighted by Crippen LogP contribution is 2.30. The molecule has 0 radical (unpaired) electrons. The van der Waals surface area contributed by atoms with Gasteiger partial charge in [-0.3, -0.25) is 0 Å². The summed E-state index contributed by atoms with van der Waals surface area (Å²) in [6.45, 7) is 11.1. The van der Waals surface area contributed by atoms with Crippen LogP contribution in [0.15, 0.2) is 18.2 Å². The predicted molar refractivity (Wildman–Crippen MR) is 145 cm³/mol. The van der Waals surface area contributed by atoms with E-state index in [4.69, 9.17) is 13.7 Å². The van der Waals surface area contributed by atoms with Gasteiger partial charge in [-0.2, -0.15) is 4.31 Å². The van der Waals surface area contributed by atoms with E-state index in [1.165, 1.54) is 11.0 Å². The van der Waals surface area contributed by atoms with Crippen LogP contribution in [0, 0.1) is 5.82 Å². The summed E-state index contributed by atoms with van der Waals surface area (Å²) in [5.41, 5.74) is -2.11. The Balaban J connectivity index is 3.58. The standard InChI is InChI=1S/C24H39FN2O8S2/c1-10-36(8)35-20(16-26(13-14-28)21(29)33-23(2,3)4)17-11-12-18(25)19(15-17)27(37(9,31)32)22(30)34-24(5,6)7/h11-12,15,20,28H,8,10,13-14,16H2,1-7,9H3/p+1. The van der Waals surface area contributed by atoms with Crippen LogP contribution in [0.1, 0.15) is 60.1 Å². The molecule has 0 bridgehead atoms. The van der Waals surface area contributed by atoms with Crippen LogP contribution < -0.4 is 4.31 Å². The Morgan fingerprint density at radius 3 is 2.11 bits per heavy atom. The van der Waals surface area contributed by atoms with E-state index in [1.807, 2.05) is 6.92 Å². The van der Waals surface area contributed by atoms with Gasteiger partial charge in [-0.25, -0.2) is 26.6 Å². The fraction of sp³-hybridized carbons (Fsp3) is 0.625. The highest BCUT2D eigenvalue weighted by atomic mass is 32.2. The maximum absolute atomic E-state index is 15.0. The molecule has 1 N–H and O–H groups in total. The zero-order valence-electron chi connectivity index (χ0n) is 22.8. The van der Waals surface area contributed by atoms with Gasteiger partial charge in [-0.15, -0.1) is 0 Å². The van der Waals surface area contributed by atoms with Gasteiger partial charge in [0.05, 0.1) is 36.7 Å². The number of aliphatic hydroxyl groups excluding tert-OH is 1. The SMILES string of the molecule is C=[SH+](CC)OC(CN(CCO)C(=O)OC(C)(C)C)c1ccc(F)c(N(C(=O)OC(C)(C)C)S(C)(=O)=O)c1. The average Bonchev–Trinajstić information content (AvgIpc) is 2.70. The Morgan fingerprint density at radius 2 is 1.65 bits per heavy atom. The van der Waals surface area contributed by atoms with Crippen molar-refractivity contribution in [2.45, 2.75) is 65.8 Å². The topological polar surface area (TPSA) is 123 Å². The summed E-state index contributed by atoms with van der Waals surface area (Å²) in [5.74, 6) is 3.55. The number of anilines is 1. The minimum Gasteiger partial charge on any atom is -0.444 e. The molecule has 37 heavy (non-hydrogen) atoms. The Bertz CT molecular complexity index is 1080. The number of rotatable bonds is 10. The van der Waals surface area contributed by atoms with Crippen LogP contribution in [0.4, 0.5) is 19.7 Å². The second-order valence-electron chi connectivity index (χ2n) is 10.3. The lowest BCUT2D eigenvalue weighted by Gasteiger charge is -2.30. The molecule has 0 aliphatic carbocycles. The molecule has 0 saturated carbocycles. The fourth-order valence-corrected chi connectivity index (χ4v) is 4.46. The number of amides is 2. The Labute approximate surface area is 221 Å². The first-order valence-corrected chi connectivity index (χ1v) is 15.1. The molecule has 10 nitrogen and oxygen atoms in total. The summed E-state index contributed by atoms with van der Waals surface area (Å²) in [6.07, 6.45) is -2.11. The van der Waals surface area contributed by atoms with Gasteiger partial charge in [0, 0.05) is 6.54 Å². The number of benzene rings is 1. The van der Waals surface area contributed by atoms with Crippen LogP contribution in [0.25, 0.3) is 0 Å². The molecule has 212 valence electrons. The summed E-state index contributed by atoms with van der Waals surface area (Å²) in [5, 5.41) is 9.52. The third kappa shape index (κ3) is 11.0. The molecular formula is C24H40FN2O8S2+. The van der Waals surface area contributed by atoms with Crippen molar-refractivity contribution in [1.29, 1.82) is 0 Å². The van der Waals surface area contributed by atoms with E-state index in [9.17, 15) is 27.5 Å². The highest BCUT2D eigenvalue weighted by Gasteiger charge is 2.34. The van der Waals surface area contributed by atoms with Gasteiger partial charge in [-0.1, -0.05) is 6.07 Å². The largest absolute Gasteiger partial charge is 0.444 e. The summed E-state index contributed by atoms with van der Waals surface area (Å²) in [4.78, 5) is 26.8. The van der Waals surface area contributed by atoms with Crippen LogP contribution >= 0.6 is 0 Å². The number of halogens is 1. The molecule has 0 aliphatic heterocycles. The van der Waals surface area contributed by atoms with Gasteiger partial charge in [0.25, 0.3) is 0 Å². The normalized spacial score (nSPS) is 14.0. The molecule has 0 fully saturated rings. The zero-order valence-corrected chi connectivity index (χ0v) is 24.5. The predicted octanol–water partition coefficient (Wildman–Crippen LogP) is 3.53. The lowest BCUT2D eigenvalue weighted by atomic mass is 10.1. The van der Waals surface area contributed by atoms with E-state index in [0.717, 1.165) is 18.4 Å². The molecule has 13 heteroatoms. The zero-order chi connectivity index (χ0) is 28.8. The van der Waals surface area contributed by atoms with Gasteiger partial charge in [0.1, 0.15) is 17.0 Å². The Kier molecular flexibility index (Phi) is 11.6. The van der Waals surface area contributed by atoms with Crippen molar-refractivity contribution in [3.63, 3.8) is 0 Å². The molecule has 2 unspecified atom stereocenters. The van der Waals surface area contributed by atoms with Gasteiger partial charge in [-0.05, 0) is 76.9 Å². The Morgan fingerprint density at radius 1 is 1.11 bits per heavy atom. The summed E-state index contributed by atoms with van der Waals surface area (Å²) < 4.78 is 56.9. The number of thiol groups is 1. The van der Waals surface area contributed by atoms with Crippen molar-refractivity contribution < 1.29 is 41.2 Å². The third-order valence-corrected chi connectivity index (χ3v) is 6.76. The minimum atomic E-state index is -4.30. The molecule has 2 amide bonds. The van der Waals surface area contributed by atoms with Crippen LogP contribution in [-0.4, -0.2) is 79.4 Å². The van der Waals surface area contributed by atoms with Gasteiger partial charge < -0.3 is 19.5 Å². The Hall–Kier alpha value is -2.22. The van der Waals surface area contributed by atoms with Gasteiger partial charge >= 0.3 is 12.2 Å². The summed E-state index contributed by atoms with van der Waals surface area (Å²) in [7, 11) is -5.52. The van der Waals surface area contributed by atoms with Crippen molar-refractivity contribution in [2.75, 3.05) is 36.0 Å². The number of ether oxygens (including phenoxy) is 2. The first-order chi connectivity index (χ1) is 16.8.